The molecule has 4 rings (SSSR count). The van der Waals surface area contributed by atoms with Crippen LogP contribution in [0.3, 0.4) is 0 Å². The summed E-state index contributed by atoms with van der Waals surface area (Å²) < 4.78 is 14.6. The number of rotatable bonds is 4. The van der Waals surface area contributed by atoms with E-state index >= 15 is 0 Å². The van der Waals surface area contributed by atoms with Crippen LogP contribution in [0.2, 0.25) is 5.02 Å². The summed E-state index contributed by atoms with van der Waals surface area (Å²) in [6, 6.07) is 8.64. The number of aliphatic hydroxyl groups is 2. The van der Waals surface area contributed by atoms with E-state index in [0.717, 1.165) is 0 Å². The predicted molar refractivity (Wildman–Crippen MR) is 133 cm³/mol. The minimum Gasteiger partial charge on any atom is -0.395 e. The molecule has 1 fully saturated rings. The van der Waals surface area contributed by atoms with Crippen molar-refractivity contribution in [1.29, 1.82) is 0 Å². The van der Waals surface area contributed by atoms with Crippen LogP contribution in [0.25, 0.3) is 11.1 Å². The molecule has 2 aromatic carbocycles. The Bertz CT molecular complexity index is 1140. The molecule has 35 heavy (non-hydrogen) atoms. The molecule has 2 atom stereocenters. The molecule has 2 aliphatic rings. The van der Waals surface area contributed by atoms with E-state index in [0.29, 0.717) is 35.3 Å². The third kappa shape index (κ3) is 5.15. The molecule has 188 valence electrons. The second-order valence-electron chi connectivity index (χ2n) is 10.3. The van der Waals surface area contributed by atoms with Gasteiger partial charge in [-0.1, -0.05) is 38.4 Å². The zero-order valence-electron chi connectivity index (χ0n) is 20.2. The lowest BCUT2D eigenvalue weighted by Crippen LogP contribution is -2.62. The van der Waals surface area contributed by atoms with E-state index in [-0.39, 0.29) is 48.5 Å². The van der Waals surface area contributed by atoms with Crippen molar-refractivity contribution in [3.8, 4) is 11.1 Å². The first kappa shape index (κ1) is 25.4. The van der Waals surface area contributed by atoms with E-state index in [9.17, 15) is 24.2 Å². The maximum Gasteiger partial charge on any atom is 0.256 e. The lowest BCUT2D eigenvalue weighted by atomic mass is 9.91. The van der Waals surface area contributed by atoms with Gasteiger partial charge >= 0.3 is 0 Å². The highest BCUT2D eigenvalue weighted by molar-refractivity contribution is 6.30. The first-order valence-electron chi connectivity index (χ1n) is 11.7. The number of piperazine rings is 1. The van der Waals surface area contributed by atoms with E-state index < -0.39 is 18.1 Å². The number of aliphatic hydroxyl groups excluding tert-OH is 2. The van der Waals surface area contributed by atoms with Crippen molar-refractivity contribution in [2.75, 3.05) is 37.7 Å². The largest absolute Gasteiger partial charge is 0.395 e. The quantitative estimate of drug-likeness (QED) is 0.668. The number of benzene rings is 2. The molecule has 2 N–H and O–H groups in total. The molecule has 2 aliphatic heterocycles. The van der Waals surface area contributed by atoms with E-state index in [1.807, 2.05) is 20.8 Å². The number of β-amino-alcohol motifs (C(OH)–C–C–N with tert-alkyl or cyclic N) is 1. The van der Waals surface area contributed by atoms with Crippen molar-refractivity contribution in [3.05, 3.63) is 52.8 Å². The van der Waals surface area contributed by atoms with Crippen LogP contribution in [0.1, 0.15) is 37.6 Å². The van der Waals surface area contributed by atoms with Gasteiger partial charge in [0.25, 0.3) is 5.91 Å². The van der Waals surface area contributed by atoms with Crippen molar-refractivity contribution >= 4 is 29.1 Å². The fourth-order valence-corrected chi connectivity index (χ4v) is 4.98. The highest BCUT2D eigenvalue weighted by atomic mass is 35.5. The van der Waals surface area contributed by atoms with Gasteiger partial charge in [-0.25, -0.2) is 4.39 Å². The predicted octanol–water partition coefficient (Wildman–Crippen LogP) is 3.37. The Hall–Kier alpha value is -2.68. The third-order valence-corrected chi connectivity index (χ3v) is 6.73. The minimum atomic E-state index is -1.13. The maximum absolute atomic E-state index is 14.6. The number of carbonyl (C=O) groups is 2. The number of carbonyl (C=O) groups excluding carboxylic acids is 2. The standard InChI is InChI=1S/C26H31ClFN3O4/c1-26(2,3)14-23(33)29-8-9-30-22(15-29)25(35)31(10-11-32)21-7-4-16(12-19(21)24(30)34)18-6-5-17(27)13-20(18)28/h4-7,12-13,22,25,32,35H,8-11,14-15H2,1-3H3. The molecule has 0 saturated carbocycles. The van der Waals surface area contributed by atoms with Crippen LogP contribution in [-0.2, 0) is 4.79 Å². The van der Waals surface area contributed by atoms with E-state index in [4.69, 9.17) is 11.6 Å². The Morgan fingerprint density at radius 3 is 2.54 bits per heavy atom. The Morgan fingerprint density at radius 1 is 1.14 bits per heavy atom. The average Bonchev–Trinajstić information content (AvgIpc) is 2.87. The summed E-state index contributed by atoms with van der Waals surface area (Å²) in [6.45, 7) is 6.65. The van der Waals surface area contributed by atoms with Gasteiger partial charge in [-0.05, 0) is 41.3 Å². The number of fused-ring (bicyclic) bond motifs is 2. The first-order valence-corrected chi connectivity index (χ1v) is 12.1. The van der Waals surface area contributed by atoms with Gasteiger partial charge in [0.15, 0.2) is 0 Å². The van der Waals surface area contributed by atoms with Crippen LogP contribution in [0.5, 0.6) is 0 Å². The summed E-state index contributed by atoms with van der Waals surface area (Å²) in [6.07, 6.45) is -0.768. The highest BCUT2D eigenvalue weighted by Gasteiger charge is 2.43. The van der Waals surface area contributed by atoms with E-state index in [1.165, 1.54) is 6.07 Å². The average molecular weight is 504 g/mol. The molecule has 0 spiro atoms. The smallest absolute Gasteiger partial charge is 0.256 e. The second kappa shape index (κ2) is 9.76. The number of amides is 2. The second-order valence-corrected chi connectivity index (χ2v) is 10.8. The van der Waals surface area contributed by atoms with Crippen molar-refractivity contribution in [2.24, 2.45) is 5.41 Å². The molecule has 2 unspecified atom stereocenters. The molecule has 0 bridgehead atoms. The molecule has 2 heterocycles. The van der Waals surface area contributed by atoms with Crippen molar-refractivity contribution in [1.82, 2.24) is 9.80 Å². The summed E-state index contributed by atoms with van der Waals surface area (Å²) >= 11 is 5.89. The van der Waals surface area contributed by atoms with E-state index in [1.54, 1.807) is 45.0 Å². The van der Waals surface area contributed by atoms with Gasteiger partial charge in [-0.15, -0.1) is 0 Å². The SMILES string of the molecule is CC(C)(C)CC(=O)N1CCN2C(=O)c3cc(-c4ccc(Cl)cc4F)ccc3N(CCO)C(O)C2C1. The molecule has 2 aromatic rings. The molecule has 1 saturated heterocycles. The zero-order valence-corrected chi connectivity index (χ0v) is 20.9. The lowest BCUT2D eigenvalue weighted by molar-refractivity contribution is -0.136. The Morgan fingerprint density at radius 2 is 1.89 bits per heavy atom. The van der Waals surface area contributed by atoms with Crippen LogP contribution >= 0.6 is 11.6 Å². The molecule has 9 heteroatoms. The lowest BCUT2D eigenvalue weighted by Gasteiger charge is -2.44. The monoisotopic (exact) mass is 503 g/mol. The van der Waals surface area contributed by atoms with Crippen molar-refractivity contribution < 1.29 is 24.2 Å². The molecule has 2 amide bonds. The van der Waals surface area contributed by atoms with Crippen LogP contribution in [-0.4, -0.2) is 76.9 Å². The molecular weight excluding hydrogens is 473 g/mol. The fourth-order valence-electron chi connectivity index (χ4n) is 4.82. The van der Waals surface area contributed by atoms with Gasteiger partial charge in [0.1, 0.15) is 12.0 Å². The van der Waals surface area contributed by atoms with Gasteiger partial charge in [-0.2, -0.15) is 0 Å². The van der Waals surface area contributed by atoms with Gasteiger partial charge in [0.05, 0.1) is 23.9 Å². The highest BCUT2D eigenvalue weighted by Crippen LogP contribution is 2.36. The van der Waals surface area contributed by atoms with Gasteiger partial charge in [-0.3, -0.25) is 9.59 Å². The Labute approximate surface area is 209 Å². The minimum absolute atomic E-state index is 0.0206. The summed E-state index contributed by atoms with van der Waals surface area (Å²) in [5.74, 6) is -0.828. The van der Waals surface area contributed by atoms with Gasteiger partial charge in [0.2, 0.25) is 5.91 Å². The zero-order chi connectivity index (χ0) is 25.5. The van der Waals surface area contributed by atoms with Crippen LogP contribution in [0, 0.1) is 11.2 Å². The number of hydrogen-bond donors (Lipinski definition) is 2. The summed E-state index contributed by atoms with van der Waals surface area (Å²) in [5.41, 5.74) is 1.39. The molecule has 0 radical (unpaired) electrons. The first-order chi connectivity index (χ1) is 16.5. The Kier molecular flexibility index (Phi) is 7.09. The van der Waals surface area contributed by atoms with Gasteiger partial charge in [0, 0.05) is 43.2 Å². The molecular formula is C26H31ClFN3O4. The summed E-state index contributed by atoms with van der Waals surface area (Å²) in [4.78, 5) is 31.5. The molecule has 0 aromatic heterocycles. The summed E-state index contributed by atoms with van der Waals surface area (Å²) in [5, 5.41) is 21.3. The van der Waals surface area contributed by atoms with Crippen LogP contribution in [0.4, 0.5) is 10.1 Å². The summed E-state index contributed by atoms with van der Waals surface area (Å²) in [7, 11) is 0. The topological polar surface area (TPSA) is 84.3 Å². The number of halogens is 2. The van der Waals surface area contributed by atoms with Crippen LogP contribution < -0.4 is 4.90 Å². The molecule has 0 aliphatic carbocycles. The third-order valence-electron chi connectivity index (χ3n) is 6.50. The Balaban J connectivity index is 1.71. The number of anilines is 1. The maximum atomic E-state index is 14.6. The van der Waals surface area contributed by atoms with Crippen molar-refractivity contribution in [2.45, 2.75) is 39.5 Å². The normalized spacial score (nSPS) is 20.4. The number of hydrogen-bond acceptors (Lipinski definition) is 5. The van der Waals surface area contributed by atoms with Crippen LogP contribution in [0.15, 0.2) is 36.4 Å². The molecule has 7 nitrogen and oxygen atoms in total. The fraction of sp³-hybridized carbons (Fsp3) is 0.462. The van der Waals surface area contributed by atoms with Crippen molar-refractivity contribution in [3.63, 3.8) is 0 Å². The van der Waals surface area contributed by atoms with Gasteiger partial charge < -0.3 is 24.9 Å². The number of nitrogens with zero attached hydrogens (tertiary/aromatic N) is 3. The van der Waals surface area contributed by atoms with E-state index in [2.05, 4.69) is 0 Å².